The molecule has 0 aliphatic rings. The zero-order chi connectivity index (χ0) is 10.8. The maximum atomic E-state index is 8.78. The van der Waals surface area contributed by atoms with Crippen LogP contribution in [0.3, 0.4) is 0 Å². The Kier molecular flexibility index (Phi) is 4.21. The van der Waals surface area contributed by atoms with Crippen LogP contribution in [0.2, 0.25) is 0 Å². The second-order valence-electron chi connectivity index (χ2n) is 2.65. The predicted octanol–water partition coefficient (Wildman–Crippen LogP) is 2.16. The van der Waals surface area contributed by atoms with E-state index >= 15 is 0 Å². The van der Waals surface area contributed by atoms with Gasteiger partial charge >= 0.3 is 0 Å². The summed E-state index contributed by atoms with van der Waals surface area (Å²) in [5.74, 6) is 0.139. The number of nitrogens with one attached hydrogen (secondary N) is 1. The van der Waals surface area contributed by atoms with E-state index in [-0.39, 0.29) is 18.5 Å². The van der Waals surface area contributed by atoms with Crippen LogP contribution in [-0.2, 0) is 3.79 Å². The molecule has 0 amide bonds. The van der Waals surface area contributed by atoms with Crippen molar-refractivity contribution in [1.29, 1.82) is 0 Å². The zero-order valence-corrected chi connectivity index (χ0v) is 10.3. The number of aliphatic hydroxyl groups excluding tert-OH is 1. The van der Waals surface area contributed by atoms with Gasteiger partial charge in [0.15, 0.2) is 5.82 Å². The number of hydrogen-bond acceptors (Lipinski definition) is 5. The Morgan fingerprint density at radius 3 is 2.64 bits per heavy atom. The van der Waals surface area contributed by atoms with E-state index in [1.165, 1.54) is 0 Å². The number of halogens is 3. The van der Waals surface area contributed by atoms with E-state index < -0.39 is 3.79 Å². The molecule has 0 fully saturated rings. The average molecular weight is 277 g/mol. The third-order valence-corrected chi connectivity index (χ3v) is 2.48. The van der Waals surface area contributed by atoms with E-state index in [1.807, 2.05) is 0 Å². The Morgan fingerprint density at radius 2 is 2.21 bits per heavy atom. The topological polar surface area (TPSA) is 58.0 Å². The minimum atomic E-state index is -1.60. The summed E-state index contributed by atoms with van der Waals surface area (Å²) in [5, 5.41) is 12.2. The van der Waals surface area contributed by atoms with Crippen LogP contribution >= 0.6 is 46.3 Å². The van der Waals surface area contributed by atoms with Crippen molar-refractivity contribution in [1.82, 2.24) is 9.36 Å². The molecule has 4 nitrogen and oxygen atoms in total. The number of hydrogen-bond donors (Lipinski definition) is 2. The lowest BCUT2D eigenvalue weighted by atomic mass is 10.4. The summed E-state index contributed by atoms with van der Waals surface area (Å²) in [5.41, 5.74) is 0. The van der Waals surface area contributed by atoms with Crippen LogP contribution in [0.1, 0.15) is 12.7 Å². The molecule has 14 heavy (non-hydrogen) atoms. The Morgan fingerprint density at radius 1 is 1.57 bits per heavy atom. The first kappa shape index (κ1) is 12.3. The molecule has 1 heterocycles. The quantitative estimate of drug-likeness (QED) is 0.831. The molecule has 0 bridgehead atoms. The van der Waals surface area contributed by atoms with Crippen LogP contribution in [0.25, 0.3) is 0 Å². The van der Waals surface area contributed by atoms with Gasteiger partial charge in [0.2, 0.25) is 5.13 Å². The molecule has 2 N–H and O–H groups in total. The van der Waals surface area contributed by atoms with Crippen LogP contribution in [0.4, 0.5) is 5.13 Å². The van der Waals surface area contributed by atoms with E-state index in [2.05, 4.69) is 14.7 Å². The Hall–Kier alpha value is 0.190. The van der Waals surface area contributed by atoms with Crippen molar-refractivity contribution in [2.24, 2.45) is 0 Å². The molecule has 0 saturated heterocycles. The van der Waals surface area contributed by atoms with Crippen molar-refractivity contribution in [2.75, 3.05) is 11.9 Å². The molecule has 1 atom stereocenters. The molecule has 0 aliphatic carbocycles. The second kappa shape index (κ2) is 4.81. The SMILES string of the molecule is C[C@@H](CO)Nc1nc(C(Cl)(Cl)Cl)ns1. The highest BCUT2D eigenvalue weighted by atomic mass is 35.6. The first-order valence-electron chi connectivity index (χ1n) is 3.71. The van der Waals surface area contributed by atoms with E-state index in [0.29, 0.717) is 5.13 Å². The summed E-state index contributed by atoms with van der Waals surface area (Å²) in [6, 6.07) is -0.105. The van der Waals surface area contributed by atoms with Gasteiger partial charge in [0.05, 0.1) is 6.61 Å². The Balaban J connectivity index is 2.69. The lowest BCUT2D eigenvalue weighted by Crippen LogP contribution is -2.19. The molecular weight excluding hydrogens is 269 g/mol. The van der Waals surface area contributed by atoms with Gasteiger partial charge in [-0.2, -0.15) is 9.36 Å². The highest BCUT2D eigenvalue weighted by Crippen LogP contribution is 2.37. The molecule has 0 aliphatic heterocycles. The summed E-state index contributed by atoms with van der Waals surface area (Å²) in [4.78, 5) is 3.96. The van der Waals surface area contributed by atoms with Crippen LogP contribution in [-0.4, -0.2) is 27.1 Å². The van der Waals surface area contributed by atoms with E-state index in [4.69, 9.17) is 39.9 Å². The number of aliphatic hydroxyl groups is 1. The van der Waals surface area contributed by atoms with Gasteiger partial charge in [-0.1, -0.05) is 34.8 Å². The Labute approximate surface area is 100 Å². The van der Waals surface area contributed by atoms with Crippen LogP contribution in [0, 0.1) is 0 Å². The third kappa shape index (κ3) is 3.40. The molecule has 1 aromatic rings. The molecule has 80 valence electrons. The van der Waals surface area contributed by atoms with Crippen LogP contribution in [0.5, 0.6) is 0 Å². The molecule has 8 heteroatoms. The number of alkyl halides is 3. The smallest absolute Gasteiger partial charge is 0.251 e. The summed E-state index contributed by atoms with van der Waals surface area (Å²) in [6.07, 6.45) is 0. The summed E-state index contributed by atoms with van der Waals surface area (Å²) in [6.45, 7) is 1.80. The second-order valence-corrected chi connectivity index (χ2v) is 5.68. The van der Waals surface area contributed by atoms with E-state index in [0.717, 1.165) is 11.5 Å². The van der Waals surface area contributed by atoms with Crippen molar-refractivity contribution in [3.63, 3.8) is 0 Å². The maximum absolute atomic E-state index is 8.78. The van der Waals surface area contributed by atoms with Gasteiger partial charge in [-0.15, -0.1) is 0 Å². The maximum Gasteiger partial charge on any atom is 0.251 e. The molecule has 0 radical (unpaired) electrons. The van der Waals surface area contributed by atoms with Crippen LogP contribution < -0.4 is 5.32 Å². The lowest BCUT2D eigenvalue weighted by Gasteiger charge is -2.08. The lowest BCUT2D eigenvalue weighted by molar-refractivity contribution is 0.281. The molecule has 1 rings (SSSR count). The standard InChI is InChI=1S/C6H8Cl3N3OS/c1-3(2-13)10-5-11-4(12-14-5)6(7,8)9/h3,13H,2H2,1H3,(H,10,11,12)/t3-/m0/s1. The summed E-state index contributed by atoms with van der Waals surface area (Å²) >= 11 is 17.8. The van der Waals surface area contributed by atoms with Crippen molar-refractivity contribution in [2.45, 2.75) is 16.8 Å². The van der Waals surface area contributed by atoms with Crippen LogP contribution in [0.15, 0.2) is 0 Å². The summed E-state index contributed by atoms with van der Waals surface area (Å²) in [7, 11) is 0. The van der Waals surface area contributed by atoms with Gasteiger partial charge < -0.3 is 10.4 Å². The fourth-order valence-electron chi connectivity index (χ4n) is 0.654. The van der Waals surface area contributed by atoms with Gasteiger partial charge in [0.1, 0.15) is 0 Å². The fourth-order valence-corrected chi connectivity index (χ4v) is 1.79. The van der Waals surface area contributed by atoms with E-state index in [9.17, 15) is 0 Å². The molecular formula is C6H8Cl3N3OS. The third-order valence-electron chi connectivity index (χ3n) is 1.32. The van der Waals surface area contributed by atoms with Gasteiger partial charge in [0.25, 0.3) is 3.79 Å². The average Bonchev–Trinajstić information content (AvgIpc) is 2.51. The van der Waals surface area contributed by atoms with Crippen molar-refractivity contribution in [3.8, 4) is 0 Å². The predicted molar refractivity (Wildman–Crippen MR) is 59.3 cm³/mol. The molecule has 0 spiro atoms. The first-order valence-corrected chi connectivity index (χ1v) is 5.62. The van der Waals surface area contributed by atoms with Crippen molar-refractivity contribution in [3.05, 3.63) is 5.82 Å². The molecule has 0 saturated carbocycles. The normalized spacial score (nSPS) is 14.1. The molecule has 1 aromatic heterocycles. The Bertz CT molecular complexity index is 301. The molecule has 0 aromatic carbocycles. The van der Waals surface area contributed by atoms with E-state index in [1.54, 1.807) is 6.92 Å². The van der Waals surface area contributed by atoms with Crippen molar-refractivity contribution >= 4 is 51.5 Å². The largest absolute Gasteiger partial charge is 0.394 e. The zero-order valence-electron chi connectivity index (χ0n) is 7.17. The highest BCUT2D eigenvalue weighted by molar-refractivity contribution is 7.09. The number of anilines is 1. The van der Waals surface area contributed by atoms with Crippen molar-refractivity contribution < 1.29 is 5.11 Å². The molecule has 0 unspecified atom stereocenters. The first-order chi connectivity index (χ1) is 6.43. The van der Waals surface area contributed by atoms with Gasteiger partial charge in [-0.25, -0.2) is 0 Å². The number of nitrogens with zero attached hydrogens (tertiary/aromatic N) is 2. The monoisotopic (exact) mass is 275 g/mol. The van der Waals surface area contributed by atoms with Gasteiger partial charge in [-0.05, 0) is 6.92 Å². The number of aromatic nitrogens is 2. The minimum Gasteiger partial charge on any atom is -0.394 e. The highest BCUT2D eigenvalue weighted by Gasteiger charge is 2.28. The minimum absolute atomic E-state index is 0.00266. The fraction of sp³-hybridized carbons (Fsp3) is 0.667. The van der Waals surface area contributed by atoms with Gasteiger partial charge in [0, 0.05) is 17.6 Å². The summed E-state index contributed by atoms with van der Waals surface area (Å²) < 4.78 is 2.27. The van der Waals surface area contributed by atoms with Gasteiger partial charge in [-0.3, -0.25) is 0 Å². The number of rotatable bonds is 3.